The molecule has 0 bridgehead atoms. The Morgan fingerprint density at radius 1 is 1.17 bits per heavy atom. The van der Waals surface area contributed by atoms with Gasteiger partial charge in [0.2, 0.25) is 0 Å². The molecule has 4 aromatic rings. The van der Waals surface area contributed by atoms with E-state index >= 15 is 0 Å². The second kappa shape index (κ2) is 6.94. The lowest BCUT2D eigenvalue weighted by Gasteiger charge is -2.21. The van der Waals surface area contributed by atoms with Crippen molar-refractivity contribution in [3.63, 3.8) is 0 Å². The van der Waals surface area contributed by atoms with Gasteiger partial charge in [-0.25, -0.2) is 8.78 Å². The Hall–Kier alpha value is -2.76. The molecule has 0 fully saturated rings. The molecule has 0 aliphatic carbocycles. The van der Waals surface area contributed by atoms with Crippen LogP contribution in [0.1, 0.15) is 36.2 Å². The third kappa shape index (κ3) is 3.30. The van der Waals surface area contributed by atoms with Crippen molar-refractivity contribution >= 4 is 21.8 Å². The van der Waals surface area contributed by atoms with E-state index in [1.807, 2.05) is 30.1 Å². The van der Waals surface area contributed by atoms with Crippen LogP contribution in [0, 0.1) is 19.8 Å². The summed E-state index contributed by atoms with van der Waals surface area (Å²) >= 11 is 0. The van der Waals surface area contributed by atoms with E-state index in [-0.39, 0.29) is 6.54 Å². The summed E-state index contributed by atoms with van der Waals surface area (Å²) in [6.07, 6.45) is 6.00. The van der Waals surface area contributed by atoms with E-state index in [0.29, 0.717) is 6.42 Å². The van der Waals surface area contributed by atoms with Crippen molar-refractivity contribution in [1.82, 2.24) is 19.3 Å². The number of hydrogen-bond acceptors (Lipinski definition) is 2. The molecule has 3 aromatic heterocycles. The minimum absolute atomic E-state index is 0.323. The molecule has 0 saturated carbocycles. The van der Waals surface area contributed by atoms with E-state index in [2.05, 4.69) is 30.0 Å². The molecular formula is C23H26F2N4. The molecule has 3 heterocycles. The molecule has 0 N–H and O–H groups in total. The van der Waals surface area contributed by atoms with Gasteiger partial charge in [0.05, 0.1) is 29.5 Å². The van der Waals surface area contributed by atoms with Crippen molar-refractivity contribution in [1.29, 1.82) is 0 Å². The zero-order valence-corrected chi connectivity index (χ0v) is 17.5. The summed E-state index contributed by atoms with van der Waals surface area (Å²) < 4.78 is 32.1. The maximum atomic E-state index is 14.3. The van der Waals surface area contributed by atoms with Gasteiger partial charge in [0.25, 0.3) is 5.92 Å². The van der Waals surface area contributed by atoms with E-state index in [1.165, 1.54) is 16.7 Å². The van der Waals surface area contributed by atoms with Crippen LogP contribution in [-0.2, 0) is 20.0 Å². The number of aromatic nitrogens is 4. The van der Waals surface area contributed by atoms with Crippen molar-refractivity contribution < 1.29 is 8.78 Å². The van der Waals surface area contributed by atoms with Crippen LogP contribution in [0.3, 0.4) is 0 Å². The average Bonchev–Trinajstić information content (AvgIpc) is 3.22. The van der Waals surface area contributed by atoms with Gasteiger partial charge in [-0.15, -0.1) is 0 Å². The number of rotatable bonds is 5. The fraction of sp³-hybridized carbons (Fsp3) is 0.391. The number of hydrogen-bond donors (Lipinski definition) is 0. The minimum atomic E-state index is -2.76. The summed E-state index contributed by atoms with van der Waals surface area (Å²) in [5.74, 6) is -3.47. The molecule has 6 heteroatoms. The highest BCUT2D eigenvalue weighted by Gasteiger charge is 2.34. The molecule has 0 amide bonds. The fourth-order valence-electron chi connectivity index (χ4n) is 4.09. The molecular weight excluding hydrogens is 370 g/mol. The highest BCUT2D eigenvalue weighted by molar-refractivity contribution is 5.86. The number of nitrogens with zero attached hydrogens (tertiary/aromatic N) is 4. The van der Waals surface area contributed by atoms with Gasteiger partial charge in [-0.2, -0.15) is 5.10 Å². The molecule has 0 unspecified atom stereocenters. The lowest BCUT2D eigenvalue weighted by atomic mass is 9.95. The van der Waals surface area contributed by atoms with Gasteiger partial charge in [-0.3, -0.25) is 9.67 Å². The number of pyridine rings is 1. The number of aryl methyl sites for hydroxylation is 3. The van der Waals surface area contributed by atoms with Crippen LogP contribution in [0.5, 0.6) is 0 Å². The average molecular weight is 396 g/mol. The van der Waals surface area contributed by atoms with Crippen LogP contribution in [-0.4, -0.2) is 25.3 Å². The first-order chi connectivity index (χ1) is 13.7. The van der Waals surface area contributed by atoms with Crippen LogP contribution >= 0.6 is 0 Å². The highest BCUT2D eigenvalue weighted by atomic mass is 19.3. The monoisotopic (exact) mass is 396 g/mol. The Bertz CT molecular complexity index is 1200. The molecule has 152 valence electrons. The quantitative estimate of drug-likeness (QED) is 0.451. The Balaban J connectivity index is 1.77. The normalized spacial score (nSPS) is 12.6. The number of halogens is 2. The standard InChI is InChI=1S/C23H26F2N4/c1-14(2)23(24,25)13-29-9-7-18-20(26-8-6-21(18)29)11-19-15(3)10-17-12-27-28(5)22(17)16(19)4/h6-10,12,14H,11,13H2,1-5H3. The Kier molecular flexibility index (Phi) is 4.68. The van der Waals surface area contributed by atoms with Gasteiger partial charge < -0.3 is 4.57 Å². The lowest BCUT2D eigenvalue weighted by molar-refractivity contribution is -0.0587. The largest absolute Gasteiger partial charge is 0.341 e. The second-order valence-corrected chi connectivity index (χ2v) is 8.23. The zero-order valence-electron chi connectivity index (χ0n) is 17.5. The summed E-state index contributed by atoms with van der Waals surface area (Å²) in [5, 5.41) is 6.43. The number of fused-ring (bicyclic) bond motifs is 2. The van der Waals surface area contributed by atoms with Crippen molar-refractivity contribution in [2.24, 2.45) is 13.0 Å². The lowest BCUT2D eigenvalue weighted by Crippen LogP contribution is -2.29. The first kappa shape index (κ1) is 19.6. The Morgan fingerprint density at radius 2 is 1.93 bits per heavy atom. The van der Waals surface area contributed by atoms with Crippen molar-refractivity contribution in [2.75, 3.05) is 0 Å². The molecule has 0 spiro atoms. The maximum absolute atomic E-state index is 14.3. The van der Waals surface area contributed by atoms with E-state index in [0.717, 1.165) is 27.5 Å². The smallest absolute Gasteiger partial charge is 0.267 e. The maximum Gasteiger partial charge on any atom is 0.267 e. The van der Waals surface area contributed by atoms with Crippen molar-refractivity contribution in [2.45, 2.75) is 46.6 Å². The third-order valence-electron chi connectivity index (χ3n) is 5.97. The third-order valence-corrected chi connectivity index (χ3v) is 5.97. The van der Waals surface area contributed by atoms with Crippen molar-refractivity contribution in [3.05, 3.63) is 59.2 Å². The summed E-state index contributed by atoms with van der Waals surface area (Å²) in [6, 6.07) is 5.87. The molecule has 0 radical (unpaired) electrons. The van der Waals surface area contributed by atoms with Gasteiger partial charge >= 0.3 is 0 Å². The summed E-state index contributed by atoms with van der Waals surface area (Å²) in [4.78, 5) is 4.60. The molecule has 0 aliphatic heterocycles. The predicted octanol–water partition coefficient (Wildman–Crippen LogP) is 5.42. The molecule has 1 aromatic carbocycles. The minimum Gasteiger partial charge on any atom is -0.341 e. The topological polar surface area (TPSA) is 35.6 Å². The molecule has 4 rings (SSSR count). The summed E-state index contributed by atoms with van der Waals surface area (Å²) in [7, 11) is 1.95. The van der Waals surface area contributed by atoms with E-state index in [1.54, 1.807) is 30.8 Å². The molecule has 29 heavy (non-hydrogen) atoms. The summed E-state index contributed by atoms with van der Waals surface area (Å²) in [5.41, 5.74) is 6.40. The molecule has 4 nitrogen and oxygen atoms in total. The van der Waals surface area contributed by atoms with E-state index in [4.69, 9.17) is 0 Å². The van der Waals surface area contributed by atoms with E-state index < -0.39 is 11.8 Å². The predicted molar refractivity (Wildman–Crippen MR) is 113 cm³/mol. The zero-order chi connectivity index (χ0) is 20.9. The van der Waals surface area contributed by atoms with Gasteiger partial charge in [-0.05, 0) is 48.7 Å². The number of alkyl halides is 2. The number of benzene rings is 1. The van der Waals surface area contributed by atoms with Crippen LogP contribution in [0.4, 0.5) is 8.78 Å². The Morgan fingerprint density at radius 3 is 2.66 bits per heavy atom. The van der Waals surface area contributed by atoms with Crippen LogP contribution in [0.25, 0.3) is 21.8 Å². The molecule has 0 saturated heterocycles. The molecule has 0 aliphatic rings. The first-order valence-electron chi connectivity index (χ1n) is 9.90. The SMILES string of the molecule is Cc1cc2cnn(C)c2c(C)c1Cc1nccc2c1ccn2CC(F)(F)C(C)C. The summed E-state index contributed by atoms with van der Waals surface area (Å²) in [6.45, 7) is 7.00. The van der Waals surface area contributed by atoms with Gasteiger partial charge in [0, 0.05) is 42.6 Å². The first-order valence-corrected chi connectivity index (χ1v) is 9.90. The van der Waals surface area contributed by atoms with Crippen LogP contribution in [0.15, 0.2) is 36.8 Å². The van der Waals surface area contributed by atoms with Gasteiger partial charge in [0.1, 0.15) is 0 Å². The van der Waals surface area contributed by atoms with E-state index in [9.17, 15) is 8.78 Å². The van der Waals surface area contributed by atoms with Crippen LogP contribution in [0.2, 0.25) is 0 Å². The second-order valence-electron chi connectivity index (χ2n) is 8.23. The molecule has 0 atom stereocenters. The van der Waals surface area contributed by atoms with Gasteiger partial charge in [0.15, 0.2) is 0 Å². The fourth-order valence-corrected chi connectivity index (χ4v) is 4.09. The van der Waals surface area contributed by atoms with Gasteiger partial charge in [-0.1, -0.05) is 13.8 Å². The Labute approximate surface area is 169 Å². The van der Waals surface area contributed by atoms with Crippen molar-refractivity contribution in [3.8, 4) is 0 Å². The van der Waals surface area contributed by atoms with Crippen LogP contribution < -0.4 is 0 Å². The highest BCUT2D eigenvalue weighted by Crippen LogP contribution is 2.31.